The molecule has 4 atom stereocenters. The van der Waals surface area contributed by atoms with Crippen LogP contribution in [0.4, 0.5) is 11.4 Å². The van der Waals surface area contributed by atoms with Gasteiger partial charge in [0.05, 0.1) is 11.5 Å². The summed E-state index contributed by atoms with van der Waals surface area (Å²) in [5.41, 5.74) is 3.82. The Kier molecular flexibility index (Phi) is 10.6. The Labute approximate surface area is 284 Å². The van der Waals surface area contributed by atoms with E-state index in [0.29, 0.717) is 40.0 Å². The maximum absolute atomic E-state index is 14.4. The molecule has 0 heterocycles. The number of rotatable bonds is 10. The van der Waals surface area contributed by atoms with E-state index in [1.165, 1.54) is 6.92 Å². The van der Waals surface area contributed by atoms with Crippen LogP contribution >= 0.6 is 15.9 Å². The Morgan fingerprint density at radius 3 is 2.00 bits per heavy atom. The summed E-state index contributed by atoms with van der Waals surface area (Å²) in [6.45, 7) is 7.73. The Morgan fingerprint density at radius 1 is 0.851 bits per heavy atom. The highest BCUT2D eigenvalue weighted by Gasteiger charge is 2.56. The first kappa shape index (κ1) is 34.1. The first-order chi connectivity index (χ1) is 22.5. The summed E-state index contributed by atoms with van der Waals surface area (Å²) in [6, 6.07) is 28.2. The third kappa shape index (κ3) is 7.50. The number of aryl methyl sites for hydroxylation is 3. The van der Waals surface area contributed by atoms with Gasteiger partial charge in [0.15, 0.2) is 0 Å². The van der Waals surface area contributed by atoms with Crippen LogP contribution in [0.3, 0.4) is 0 Å². The van der Waals surface area contributed by atoms with Gasteiger partial charge in [-0.1, -0.05) is 90.4 Å². The van der Waals surface area contributed by atoms with E-state index in [-0.39, 0.29) is 13.0 Å². The molecule has 0 saturated heterocycles. The molecule has 5 rings (SSSR count). The van der Waals surface area contributed by atoms with Gasteiger partial charge in [-0.05, 0) is 79.3 Å². The lowest BCUT2D eigenvalue weighted by atomic mass is 9.61. The molecule has 244 valence electrons. The van der Waals surface area contributed by atoms with E-state index in [9.17, 15) is 19.5 Å². The number of carbonyl (C=O) groups excluding carboxylic acids is 3. The van der Waals surface area contributed by atoms with Crippen molar-refractivity contribution in [1.29, 1.82) is 0 Å². The third-order valence-electron chi connectivity index (χ3n) is 9.12. The molecule has 7 nitrogen and oxygen atoms in total. The number of halogens is 1. The predicted molar refractivity (Wildman–Crippen MR) is 189 cm³/mol. The molecule has 0 spiro atoms. The van der Waals surface area contributed by atoms with Crippen molar-refractivity contribution in [3.63, 3.8) is 0 Å². The van der Waals surface area contributed by atoms with Gasteiger partial charge in [0.1, 0.15) is 24.1 Å². The second-order valence-corrected chi connectivity index (χ2v) is 13.3. The lowest BCUT2D eigenvalue weighted by Gasteiger charge is -2.45. The number of benzene rings is 4. The normalized spacial score (nSPS) is 20.8. The lowest BCUT2D eigenvalue weighted by Crippen LogP contribution is -2.56. The van der Waals surface area contributed by atoms with Crippen LogP contribution in [0.15, 0.2) is 95.5 Å². The highest BCUT2D eigenvalue weighted by atomic mass is 79.9. The standard InChI is InChI=1S/C39H41BrN2O5/c1-5-25-14-9-11-17-30(25)41-37(44)35-32(43)22-39(4,46)36(38(45)42-31-18-12-10-15-26(31)6-2)34(35)29-21-28(40)19-20-33(29)47-23-27-16-8-7-13-24(27)3/h7-21,34-36,46H,5-6,22-23H2,1-4H3,(H,41,44)(H,42,45). The number of Topliss-reactive ketones (excluding diaryl/α,β-unsaturated/α-hetero) is 1. The molecule has 1 aliphatic rings. The van der Waals surface area contributed by atoms with Gasteiger partial charge in [-0.3, -0.25) is 14.4 Å². The zero-order valence-corrected chi connectivity index (χ0v) is 28.8. The Balaban J connectivity index is 1.64. The summed E-state index contributed by atoms with van der Waals surface area (Å²) < 4.78 is 7.08. The molecule has 4 unspecified atom stereocenters. The van der Waals surface area contributed by atoms with Gasteiger partial charge in [-0.25, -0.2) is 0 Å². The smallest absolute Gasteiger partial charge is 0.235 e. The second-order valence-electron chi connectivity index (χ2n) is 12.4. The molecule has 2 amide bonds. The first-order valence-electron chi connectivity index (χ1n) is 16.0. The fourth-order valence-corrected chi connectivity index (χ4v) is 7.01. The van der Waals surface area contributed by atoms with Crippen LogP contribution in [-0.2, 0) is 33.8 Å². The number of aliphatic hydroxyl groups is 1. The minimum atomic E-state index is -1.76. The number of amides is 2. The predicted octanol–water partition coefficient (Wildman–Crippen LogP) is 7.78. The zero-order valence-electron chi connectivity index (χ0n) is 27.2. The quantitative estimate of drug-likeness (QED) is 0.147. The van der Waals surface area contributed by atoms with Gasteiger partial charge in [0.2, 0.25) is 11.8 Å². The molecule has 8 heteroatoms. The van der Waals surface area contributed by atoms with Crippen LogP contribution in [0.25, 0.3) is 0 Å². The summed E-state index contributed by atoms with van der Waals surface area (Å²) in [7, 11) is 0. The van der Waals surface area contributed by atoms with Crippen molar-refractivity contribution in [2.24, 2.45) is 11.8 Å². The summed E-state index contributed by atoms with van der Waals surface area (Å²) in [5, 5.41) is 17.9. The average Bonchev–Trinajstić information content (AvgIpc) is 3.04. The highest BCUT2D eigenvalue weighted by molar-refractivity contribution is 9.10. The van der Waals surface area contributed by atoms with Crippen LogP contribution in [0.5, 0.6) is 5.75 Å². The Hall–Kier alpha value is -4.27. The van der Waals surface area contributed by atoms with Crippen LogP contribution in [0.1, 0.15) is 60.9 Å². The first-order valence-corrected chi connectivity index (χ1v) is 16.8. The molecule has 0 bridgehead atoms. The topological polar surface area (TPSA) is 105 Å². The summed E-state index contributed by atoms with van der Waals surface area (Å²) in [5.74, 6) is -4.57. The molecule has 4 aromatic rings. The Morgan fingerprint density at radius 2 is 1.40 bits per heavy atom. The fraction of sp³-hybridized carbons (Fsp3) is 0.308. The van der Waals surface area contributed by atoms with E-state index in [0.717, 1.165) is 22.3 Å². The summed E-state index contributed by atoms with van der Waals surface area (Å²) >= 11 is 3.57. The number of para-hydroxylation sites is 2. The molecule has 1 saturated carbocycles. The van der Waals surface area contributed by atoms with Gasteiger partial charge < -0.3 is 20.5 Å². The lowest BCUT2D eigenvalue weighted by molar-refractivity contribution is -0.150. The molecule has 1 aliphatic carbocycles. The van der Waals surface area contributed by atoms with Crippen molar-refractivity contribution in [2.45, 2.75) is 65.1 Å². The van der Waals surface area contributed by atoms with E-state index < -0.39 is 41.0 Å². The maximum atomic E-state index is 14.4. The van der Waals surface area contributed by atoms with Crippen molar-refractivity contribution in [3.8, 4) is 5.75 Å². The largest absolute Gasteiger partial charge is 0.489 e. The van der Waals surface area contributed by atoms with Crippen molar-refractivity contribution in [1.82, 2.24) is 0 Å². The molecule has 0 radical (unpaired) electrons. The number of hydrogen-bond acceptors (Lipinski definition) is 5. The molecule has 1 fully saturated rings. The van der Waals surface area contributed by atoms with Gasteiger partial charge >= 0.3 is 0 Å². The minimum Gasteiger partial charge on any atom is -0.489 e. The minimum absolute atomic E-state index is 0.236. The third-order valence-corrected chi connectivity index (χ3v) is 9.61. The maximum Gasteiger partial charge on any atom is 0.235 e. The van der Waals surface area contributed by atoms with Gasteiger partial charge in [0, 0.05) is 33.7 Å². The number of carbonyl (C=O) groups is 3. The van der Waals surface area contributed by atoms with Crippen LogP contribution < -0.4 is 15.4 Å². The molecular formula is C39H41BrN2O5. The van der Waals surface area contributed by atoms with Crippen LogP contribution in [-0.4, -0.2) is 28.3 Å². The SMILES string of the molecule is CCc1ccccc1NC(=O)C1C(=O)CC(C)(O)C(C(=O)Nc2ccccc2CC)C1c1cc(Br)ccc1OCc1ccccc1C. The van der Waals surface area contributed by atoms with Crippen molar-refractivity contribution < 1.29 is 24.2 Å². The van der Waals surface area contributed by atoms with Crippen molar-refractivity contribution in [2.75, 3.05) is 10.6 Å². The molecular weight excluding hydrogens is 656 g/mol. The number of ketones is 1. The van der Waals surface area contributed by atoms with Crippen LogP contribution in [0, 0.1) is 18.8 Å². The number of anilines is 2. The zero-order chi connectivity index (χ0) is 33.7. The number of nitrogens with one attached hydrogen (secondary N) is 2. The number of ether oxygens (including phenoxy) is 1. The molecule has 47 heavy (non-hydrogen) atoms. The Bertz CT molecular complexity index is 1780. The second kappa shape index (κ2) is 14.7. The van der Waals surface area contributed by atoms with Gasteiger partial charge in [-0.2, -0.15) is 0 Å². The van der Waals surface area contributed by atoms with E-state index in [2.05, 4.69) is 26.6 Å². The van der Waals surface area contributed by atoms with E-state index in [1.54, 1.807) is 18.2 Å². The monoisotopic (exact) mass is 696 g/mol. The summed E-state index contributed by atoms with van der Waals surface area (Å²) in [6.07, 6.45) is 0.999. The average molecular weight is 698 g/mol. The van der Waals surface area contributed by atoms with Gasteiger partial charge in [-0.15, -0.1) is 0 Å². The fourth-order valence-electron chi connectivity index (χ4n) is 6.63. The van der Waals surface area contributed by atoms with E-state index in [4.69, 9.17) is 4.74 Å². The van der Waals surface area contributed by atoms with E-state index >= 15 is 0 Å². The van der Waals surface area contributed by atoms with E-state index in [1.807, 2.05) is 93.6 Å². The number of hydrogen-bond donors (Lipinski definition) is 3. The molecule has 0 aliphatic heterocycles. The van der Waals surface area contributed by atoms with Gasteiger partial charge in [0.25, 0.3) is 0 Å². The summed E-state index contributed by atoms with van der Waals surface area (Å²) in [4.78, 5) is 42.7. The van der Waals surface area contributed by atoms with Crippen molar-refractivity contribution >= 4 is 44.9 Å². The molecule has 3 N–H and O–H groups in total. The van der Waals surface area contributed by atoms with Crippen LogP contribution in [0.2, 0.25) is 0 Å². The van der Waals surface area contributed by atoms with Crippen molar-refractivity contribution in [3.05, 3.63) is 123 Å². The molecule has 4 aromatic carbocycles. The highest BCUT2D eigenvalue weighted by Crippen LogP contribution is 2.49. The molecule has 0 aromatic heterocycles.